The minimum absolute atomic E-state index is 0.0721. The van der Waals surface area contributed by atoms with Crippen molar-refractivity contribution in [2.75, 3.05) is 13.7 Å². The second-order valence-corrected chi connectivity index (χ2v) is 5.62. The zero-order chi connectivity index (χ0) is 15.5. The van der Waals surface area contributed by atoms with Crippen molar-refractivity contribution in [3.05, 3.63) is 35.9 Å². The van der Waals surface area contributed by atoms with E-state index in [1.165, 1.54) is 0 Å². The Bertz CT molecular complexity index is 648. The summed E-state index contributed by atoms with van der Waals surface area (Å²) in [6.07, 6.45) is 4.80. The SMILES string of the molecule is COC[C@H]1CCn2nccc2CN1C(=O)Cc1ccn(C)n1. The van der Waals surface area contributed by atoms with E-state index in [0.29, 0.717) is 19.6 Å². The molecule has 2 aromatic heterocycles. The fourth-order valence-electron chi connectivity index (χ4n) is 2.90. The smallest absolute Gasteiger partial charge is 0.229 e. The Hall–Kier alpha value is -2.15. The number of carbonyl (C=O) groups excluding carboxylic acids is 1. The van der Waals surface area contributed by atoms with Crippen LogP contribution in [0.15, 0.2) is 24.5 Å². The third-order valence-electron chi connectivity index (χ3n) is 4.03. The van der Waals surface area contributed by atoms with Crippen LogP contribution >= 0.6 is 0 Å². The fraction of sp³-hybridized carbons (Fsp3) is 0.533. The molecule has 0 saturated heterocycles. The van der Waals surface area contributed by atoms with E-state index in [1.807, 2.05) is 35.0 Å². The third-order valence-corrected chi connectivity index (χ3v) is 4.03. The molecule has 0 fully saturated rings. The Kier molecular flexibility index (Phi) is 4.24. The molecular weight excluding hydrogens is 282 g/mol. The van der Waals surface area contributed by atoms with Gasteiger partial charge in [-0.05, 0) is 18.6 Å². The first kappa shape index (κ1) is 14.8. The number of hydrogen-bond acceptors (Lipinski definition) is 4. The lowest BCUT2D eigenvalue weighted by molar-refractivity contribution is -0.134. The molecular formula is C15H21N5O2. The lowest BCUT2D eigenvalue weighted by Crippen LogP contribution is -2.42. The number of amides is 1. The Labute approximate surface area is 129 Å². The lowest BCUT2D eigenvalue weighted by atomic mass is 10.1. The van der Waals surface area contributed by atoms with Crippen LogP contribution in [0.5, 0.6) is 0 Å². The molecule has 0 N–H and O–H groups in total. The van der Waals surface area contributed by atoms with E-state index in [0.717, 1.165) is 24.4 Å². The molecule has 1 atom stereocenters. The number of rotatable bonds is 4. The molecule has 0 bridgehead atoms. The van der Waals surface area contributed by atoms with Crippen LogP contribution in [0, 0.1) is 0 Å². The highest BCUT2D eigenvalue weighted by molar-refractivity contribution is 5.78. The van der Waals surface area contributed by atoms with Crippen molar-refractivity contribution >= 4 is 5.91 Å². The average molecular weight is 303 g/mol. The normalized spacial score (nSPS) is 18.1. The van der Waals surface area contributed by atoms with E-state index in [1.54, 1.807) is 18.0 Å². The van der Waals surface area contributed by atoms with Gasteiger partial charge in [0, 0.05) is 33.1 Å². The molecule has 0 spiro atoms. The van der Waals surface area contributed by atoms with E-state index in [2.05, 4.69) is 10.2 Å². The molecule has 22 heavy (non-hydrogen) atoms. The van der Waals surface area contributed by atoms with Gasteiger partial charge in [-0.25, -0.2) is 0 Å². The van der Waals surface area contributed by atoms with Gasteiger partial charge in [-0.15, -0.1) is 0 Å². The summed E-state index contributed by atoms with van der Waals surface area (Å²) in [6.45, 7) is 1.92. The minimum atomic E-state index is 0.0721. The Morgan fingerprint density at radius 2 is 2.32 bits per heavy atom. The molecule has 0 aromatic carbocycles. The first-order valence-electron chi connectivity index (χ1n) is 7.45. The summed E-state index contributed by atoms with van der Waals surface area (Å²) in [5.74, 6) is 0.0791. The van der Waals surface area contributed by atoms with Crippen molar-refractivity contribution in [1.82, 2.24) is 24.5 Å². The van der Waals surface area contributed by atoms with E-state index in [-0.39, 0.29) is 11.9 Å². The van der Waals surface area contributed by atoms with Gasteiger partial charge < -0.3 is 9.64 Å². The zero-order valence-corrected chi connectivity index (χ0v) is 13.0. The minimum Gasteiger partial charge on any atom is -0.383 e. The van der Waals surface area contributed by atoms with Crippen LogP contribution in [0.2, 0.25) is 0 Å². The van der Waals surface area contributed by atoms with E-state index in [4.69, 9.17) is 4.74 Å². The molecule has 0 unspecified atom stereocenters. The number of carbonyl (C=O) groups is 1. The average Bonchev–Trinajstić information content (AvgIpc) is 3.06. The predicted octanol–water partition coefficient (Wildman–Crippen LogP) is 0.607. The largest absolute Gasteiger partial charge is 0.383 e. The molecule has 1 amide bonds. The predicted molar refractivity (Wildman–Crippen MR) is 80.0 cm³/mol. The Morgan fingerprint density at radius 1 is 1.45 bits per heavy atom. The number of fused-ring (bicyclic) bond motifs is 1. The molecule has 0 radical (unpaired) electrons. The molecule has 2 aromatic rings. The van der Waals surface area contributed by atoms with Crippen LogP contribution in [-0.2, 0) is 36.1 Å². The van der Waals surface area contributed by atoms with Gasteiger partial charge in [-0.1, -0.05) is 0 Å². The van der Waals surface area contributed by atoms with Crippen LogP contribution in [-0.4, -0.2) is 50.1 Å². The standard InChI is InChI=1S/C15H21N5O2/c1-18-7-4-12(17-18)9-15(21)19-10-13-3-6-16-20(13)8-5-14(19)11-22-2/h3-4,6-7,14H,5,8-11H2,1-2H3/t14-/m1/s1. The number of ether oxygens (including phenoxy) is 1. The zero-order valence-electron chi connectivity index (χ0n) is 13.0. The third kappa shape index (κ3) is 3.04. The van der Waals surface area contributed by atoms with Crippen molar-refractivity contribution in [2.24, 2.45) is 7.05 Å². The number of hydrogen-bond donors (Lipinski definition) is 0. The van der Waals surface area contributed by atoms with Crippen molar-refractivity contribution in [2.45, 2.75) is 32.0 Å². The quantitative estimate of drug-likeness (QED) is 0.830. The molecule has 3 heterocycles. The van der Waals surface area contributed by atoms with Crippen LogP contribution in [0.3, 0.4) is 0 Å². The van der Waals surface area contributed by atoms with Gasteiger partial charge in [-0.3, -0.25) is 14.2 Å². The summed E-state index contributed by atoms with van der Waals surface area (Å²) in [7, 11) is 3.52. The highest BCUT2D eigenvalue weighted by Crippen LogP contribution is 2.18. The van der Waals surface area contributed by atoms with Gasteiger partial charge in [-0.2, -0.15) is 10.2 Å². The van der Waals surface area contributed by atoms with E-state index < -0.39 is 0 Å². The lowest BCUT2D eigenvalue weighted by Gasteiger charge is -2.29. The molecule has 1 aliphatic rings. The number of aromatic nitrogens is 4. The summed E-state index contributed by atoms with van der Waals surface area (Å²) in [5.41, 5.74) is 1.86. The topological polar surface area (TPSA) is 65.2 Å². The summed E-state index contributed by atoms with van der Waals surface area (Å²) < 4.78 is 8.99. The van der Waals surface area contributed by atoms with Crippen LogP contribution < -0.4 is 0 Å². The van der Waals surface area contributed by atoms with Crippen LogP contribution in [0.4, 0.5) is 0 Å². The van der Waals surface area contributed by atoms with Gasteiger partial charge in [0.1, 0.15) is 0 Å². The highest BCUT2D eigenvalue weighted by Gasteiger charge is 2.28. The maximum atomic E-state index is 12.7. The van der Waals surface area contributed by atoms with Gasteiger partial charge in [0.15, 0.2) is 0 Å². The molecule has 3 rings (SSSR count). The molecule has 7 nitrogen and oxygen atoms in total. The summed E-state index contributed by atoms with van der Waals surface area (Å²) in [4.78, 5) is 14.6. The second kappa shape index (κ2) is 6.31. The first-order chi connectivity index (χ1) is 10.7. The molecule has 1 aliphatic heterocycles. The van der Waals surface area contributed by atoms with E-state index >= 15 is 0 Å². The van der Waals surface area contributed by atoms with Crippen molar-refractivity contribution in [1.29, 1.82) is 0 Å². The molecule has 0 saturated carbocycles. The fourth-order valence-corrected chi connectivity index (χ4v) is 2.90. The van der Waals surface area contributed by atoms with Crippen LogP contribution in [0.25, 0.3) is 0 Å². The Morgan fingerprint density at radius 3 is 3.05 bits per heavy atom. The first-order valence-corrected chi connectivity index (χ1v) is 7.45. The number of methoxy groups -OCH3 is 1. The molecule has 0 aliphatic carbocycles. The van der Waals surface area contributed by atoms with Crippen LogP contribution in [0.1, 0.15) is 17.8 Å². The number of nitrogens with zero attached hydrogens (tertiary/aromatic N) is 5. The van der Waals surface area contributed by atoms with Gasteiger partial charge in [0.25, 0.3) is 0 Å². The summed E-state index contributed by atoms with van der Waals surface area (Å²) in [6, 6.07) is 3.92. The summed E-state index contributed by atoms with van der Waals surface area (Å²) in [5, 5.41) is 8.61. The highest BCUT2D eigenvalue weighted by atomic mass is 16.5. The second-order valence-electron chi connectivity index (χ2n) is 5.62. The van der Waals surface area contributed by atoms with Gasteiger partial charge in [0.2, 0.25) is 5.91 Å². The van der Waals surface area contributed by atoms with E-state index in [9.17, 15) is 4.79 Å². The maximum Gasteiger partial charge on any atom is 0.229 e. The molecule has 118 valence electrons. The number of aryl methyl sites for hydroxylation is 2. The maximum absolute atomic E-state index is 12.7. The molecule has 7 heteroatoms. The van der Waals surface area contributed by atoms with Crippen molar-refractivity contribution in [3.8, 4) is 0 Å². The van der Waals surface area contributed by atoms with Crippen molar-refractivity contribution in [3.63, 3.8) is 0 Å². The Balaban J connectivity index is 1.78. The van der Waals surface area contributed by atoms with Gasteiger partial charge in [0.05, 0.1) is 37.0 Å². The monoisotopic (exact) mass is 303 g/mol. The van der Waals surface area contributed by atoms with Crippen molar-refractivity contribution < 1.29 is 9.53 Å². The summed E-state index contributed by atoms with van der Waals surface area (Å²) >= 11 is 0. The van der Waals surface area contributed by atoms with Gasteiger partial charge >= 0.3 is 0 Å².